The highest BCUT2D eigenvalue weighted by molar-refractivity contribution is 6.30. The summed E-state index contributed by atoms with van der Waals surface area (Å²) < 4.78 is 10.3. The minimum absolute atomic E-state index is 0.0522. The van der Waals surface area contributed by atoms with Crippen LogP contribution in [0.5, 0.6) is 0 Å². The zero-order chi connectivity index (χ0) is 15.6. The molecule has 1 fully saturated rings. The van der Waals surface area contributed by atoms with E-state index in [0.29, 0.717) is 11.6 Å². The van der Waals surface area contributed by atoms with Gasteiger partial charge >= 0.3 is 5.97 Å². The molecule has 1 saturated heterocycles. The van der Waals surface area contributed by atoms with Crippen molar-refractivity contribution in [1.29, 1.82) is 0 Å². The molecule has 2 rings (SSSR count). The van der Waals surface area contributed by atoms with Crippen LogP contribution in [-0.4, -0.2) is 17.7 Å². The molecule has 21 heavy (non-hydrogen) atoms. The second-order valence-electron chi connectivity index (χ2n) is 5.16. The predicted molar refractivity (Wildman–Crippen MR) is 77.3 cm³/mol. The fraction of sp³-hybridized carbons (Fsp3) is 0.333. The molecule has 0 radical (unpaired) electrons. The van der Waals surface area contributed by atoms with E-state index in [1.165, 1.54) is 6.92 Å². The Balaban J connectivity index is 2.05. The lowest BCUT2D eigenvalue weighted by molar-refractivity contribution is -0.159. The number of benzene rings is 1. The highest BCUT2D eigenvalue weighted by atomic mass is 35.5. The zero-order valence-corrected chi connectivity index (χ0v) is 12.8. The maximum Gasteiger partial charge on any atom is 0.377 e. The number of carbonyl (C=O) groups excluding carboxylic acids is 2. The van der Waals surface area contributed by atoms with Crippen molar-refractivity contribution >= 4 is 23.5 Å². The Kier molecular flexibility index (Phi) is 4.23. The van der Waals surface area contributed by atoms with Crippen molar-refractivity contribution in [3.8, 4) is 0 Å². The number of ether oxygens (including phenoxy) is 2. The number of amides is 1. The number of halogens is 1. The van der Waals surface area contributed by atoms with Crippen LogP contribution in [0.25, 0.3) is 0 Å². The van der Waals surface area contributed by atoms with Crippen molar-refractivity contribution in [3.63, 3.8) is 0 Å². The molecule has 1 aromatic carbocycles. The van der Waals surface area contributed by atoms with Gasteiger partial charge in [-0.15, -0.1) is 0 Å². The Morgan fingerprint density at radius 3 is 2.62 bits per heavy atom. The summed E-state index contributed by atoms with van der Waals surface area (Å²) in [4.78, 5) is 23.7. The van der Waals surface area contributed by atoms with Gasteiger partial charge in [0, 0.05) is 25.4 Å². The Labute approximate surface area is 127 Å². The van der Waals surface area contributed by atoms with Crippen LogP contribution in [0.15, 0.2) is 35.6 Å². The number of hydrogen-bond acceptors (Lipinski definition) is 4. The van der Waals surface area contributed by atoms with Crippen molar-refractivity contribution in [1.82, 2.24) is 5.32 Å². The fourth-order valence-corrected chi connectivity index (χ4v) is 2.09. The van der Waals surface area contributed by atoms with E-state index in [4.69, 9.17) is 21.1 Å². The maximum absolute atomic E-state index is 12.1. The molecule has 6 heteroatoms. The molecule has 1 amide bonds. The molecule has 0 unspecified atom stereocenters. The molecule has 1 aliphatic heterocycles. The van der Waals surface area contributed by atoms with E-state index < -0.39 is 11.8 Å². The summed E-state index contributed by atoms with van der Waals surface area (Å²) in [5.74, 6) is -2.11. The molecular weight excluding hydrogens is 294 g/mol. The van der Waals surface area contributed by atoms with Gasteiger partial charge in [0.15, 0.2) is 0 Å². The van der Waals surface area contributed by atoms with Crippen molar-refractivity contribution in [2.75, 3.05) is 0 Å². The lowest BCUT2D eigenvalue weighted by Crippen LogP contribution is -2.25. The minimum Gasteiger partial charge on any atom is -0.445 e. The summed E-state index contributed by atoms with van der Waals surface area (Å²) >= 11 is 5.87. The Morgan fingerprint density at radius 1 is 1.33 bits per heavy atom. The Morgan fingerprint density at radius 2 is 2.05 bits per heavy atom. The molecule has 0 aromatic heterocycles. The van der Waals surface area contributed by atoms with Gasteiger partial charge in [-0.2, -0.15) is 0 Å². The highest BCUT2D eigenvalue weighted by Gasteiger charge is 2.39. The molecule has 0 bridgehead atoms. The first kappa shape index (κ1) is 15.4. The third-order valence-electron chi connectivity index (χ3n) is 2.90. The smallest absolute Gasteiger partial charge is 0.377 e. The number of esters is 1. The molecule has 1 aromatic rings. The molecule has 5 nitrogen and oxygen atoms in total. The maximum atomic E-state index is 12.1. The quantitative estimate of drug-likeness (QED) is 0.688. The fourth-order valence-electron chi connectivity index (χ4n) is 1.87. The van der Waals surface area contributed by atoms with Crippen LogP contribution >= 0.6 is 11.6 Å². The number of carbonyl (C=O) groups is 2. The Hall–Kier alpha value is -2.01. The number of rotatable bonds is 3. The van der Waals surface area contributed by atoms with Gasteiger partial charge in [0.05, 0.1) is 5.57 Å². The number of nitrogens with one attached hydrogen (secondary N) is 1. The molecule has 0 aliphatic carbocycles. The average molecular weight is 310 g/mol. The minimum atomic E-state index is -1.04. The standard InChI is InChI=1S/C15H16ClNO4/c1-9(12-14(19)21-15(2,3)20-12)13(18)17-8-10-5-4-6-11(16)7-10/h4-7H,8H2,1-3H3,(H,17,18). The summed E-state index contributed by atoms with van der Waals surface area (Å²) in [6.07, 6.45) is 0. The van der Waals surface area contributed by atoms with Crippen LogP contribution in [0.2, 0.25) is 5.02 Å². The first-order valence-corrected chi connectivity index (χ1v) is 6.82. The molecule has 1 heterocycles. The van der Waals surface area contributed by atoms with E-state index in [1.54, 1.807) is 32.0 Å². The van der Waals surface area contributed by atoms with Gasteiger partial charge in [-0.25, -0.2) is 4.79 Å². The summed E-state index contributed by atoms with van der Waals surface area (Å²) in [5.41, 5.74) is 1.05. The van der Waals surface area contributed by atoms with Gasteiger partial charge in [-0.3, -0.25) is 4.79 Å². The lowest BCUT2D eigenvalue weighted by atomic mass is 10.2. The first-order valence-electron chi connectivity index (χ1n) is 6.44. The van der Waals surface area contributed by atoms with Gasteiger partial charge in [0.2, 0.25) is 11.5 Å². The van der Waals surface area contributed by atoms with Gasteiger partial charge in [0.25, 0.3) is 5.91 Å². The molecule has 0 atom stereocenters. The second-order valence-corrected chi connectivity index (χ2v) is 5.59. The summed E-state index contributed by atoms with van der Waals surface area (Å²) in [7, 11) is 0. The normalized spacial score (nSPS) is 18.8. The van der Waals surface area contributed by atoms with E-state index in [-0.39, 0.29) is 17.2 Å². The van der Waals surface area contributed by atoms with Crippen LogP contribution in [0.1, 0.15) is 26.3 Å². The monoisotopic (exact) mass is 309 g/mol. The molecular formula is C15H16ClNO4. The van der Waals surface area contributed by atoms with E-state index in [2.05, 4.69) is 5.32 Å². The third-order valence-corrected chi connectivity index (χ3v) is 3.13. The average Bonchev–Trinajstić information content (AvgIpc) is 2.68. The van der Waals surface area contributed by atoms with Crippen molar-refractivity contribution in [2.45, 2.75) is 33.1 Å². The van der Waals surface area contributed by atoms with Gasteiger partial charge in [-0.05, 0) is 24.6 Å². The van der Waals surface area contributed by atoms with Crippen molar-refractivity contribution in [3.05, 3.63) is 46.2 Å². The van der Waals surface area contributed by atoms with Crippen molar-refractivity contribution in [2.24, 2.45) is 0 Å². The van der Waals surface area contributed by atoms with Crippen LogP contribution in [0.4, 0.5) is 0 Å². The first-order chi connectivity index (χ1) is 9.78. The molecule has 0 spiro atoms. The lowest BCUT2D eigenvalue weighted by Gasteiger charge is -2.14. The van der Waals surface area contributed by atoms with E-state index in [1.807, 2.05) is 6.07 Å². The summed E-state index contributed by atoms with van der Waals surface area (Å²) in [6, 6.07) is 7.16. The van der Waals surface area contributed by atoms with Gasteiger partial charge in [0.1, 0.15) is 0 Å². The van der Waals surface area contributed by atoms with Crippen LogP contribution < -0.4 is 5.32 Å². The van der Waals surface area contributed by atoms with Crippen LogP contribution in [0, 0.1) is 0 Å². The van der Waals surface area contributed by atoms with Gasteiger partial charge in [-0.1, -0.05) is 23.7 Å². The number of hydrogen-bond donors (Lipinski definition) is 1. The topological polar surface area (TPSA) is 64.6 Å². The van der Waals surface area contributed by atoms with Crippen LogP contribution in [-0.2, 0) is 25.6 Å². The summed E-state index contributed by atoms with van der Waals surface area (Å²) in [5, 5.41) is 3.31. The van der Waals surface area contributed by atoms with Crippen molar-refractivity contribution < 1.29 is 19.1 Å². The summed E-state index contributed by atoms with van der Waals surface area (Å²) in [6.45, 7) is 5.04. The largest absolute Gasteiger partial charge is 0.445 e. The molecule has 1 N–H and O–H groups in total. The van der Waals surface area contributed by atoms with E-state index in [0.717, 1.165) is 5.56 Å². The van der Waals surface area contributed by atoms with Crippen LogP contribution in [0.3, 0.4) is 0 Å². The third kappa shape index (κ3) is 3.76. The van der Waals surface area contributed by atoms with E-state index >= 15 is 0 Å². The second kappa shape index (κ2) is 5.77. The predicted octanol–water partition coefficient (Wildman–Crippen LogP) is 2.54. The Bertz CT molecular complexity index is 622. The van der Waals surface area contributed by atoms with Gasteiger partial charge < -0.3 is 14.8 Å². The molecule has 0 saturated carbocycles. The SMILES string of the molecule is CC(C(=O)NCc1cccc(Cl)c1)=C1OC(C)(C)OC1=O. The highest BCUT2D eigenvalue weighted by Crippen LogP contribution is 2.28. The number of cyclic esters (lactones) is 1. The van der Waals surface area contributed by atoms with E-state index in [9.17, 15) is 9.59 Å². The molecule has 112 valence electrons. The zero-order valence-electron chi connectivity index (χ0n) is 12.0. The molecule has 1 aliphatic rings.